The molecule has 0 saturated heterocycles. The Labute approximate surface area is 268 Å². The van der Waals surface area contributed by atoms with Gasteiger partial charge in [0.2, 0.25) is 0 Å². The lowest BCUT2D eigenvalue weighted by molar-refractivity contribution is -0.385. The number of hydrogen-bond donors (Lipinski definition) is 1. The number of benzene rings is 3. The van der Waals surface area contributed by atoms with E-state index in [0.29, 0.717) is 51.9 Å². The van der Waals surface area contributed by atoms with Gasteiger partial charge in [0, 0.05) is 43.9 Å². The number of anilines is 2. The van der Waals surface area contributed by atoms with Crippen LogP contribution in [0.5, 0.6) is 23.0 Å². The van der Waals surface area contributed by atoms with Crippen molar-refractivity contribution >= 4 is 29.1 Å². The van der Waals surface area contributed by atoms with E-state index < -0.39 is 16.6 Å². The predicted molar refractivity (Wildman–Crippen MR) is 175 cm³/mol. The molecule has 1 aliphatic rings. The third-order valence-corrected chi connectivity index (χ3v) is 7.71. The lowest BCUT2D eigenvalue weighted by Crippen LogP contribution is -2.52. The third kappa shape index (κ3) is 7.26. The highest BCUT2D eigenvalue weighted by atomic mass is 16.6. The average molecular weight is 636 g/mol. The molecule has 3 aromatic rings. The van der Waals surface area contributed by atoms with Crippen LogP contribution in [0.15, 0.2) is 48.5 Å². The van der Waals surface area contributed by atoms with Crippen LogP contribution < -0.4 is 29.2 Å². The van der Waals surface area contributed by atoms with E-state index in [1.165, 1.54) is 37.3 Å². The number of nitro benzene ring substituents is 1. The summed E-state index contributed by atoms with van der Waals surface area (Å²) in [5, 5.41) is 14.8. The van der Waals surface area contributed by atoms with Crippen LogP contribution >= 0.6 is 0 Å². The molecule has 0 aromatic heterocycles. The summed E-state index contributed by atoms with van der Waals surface area (Å²) < 4.78 is 23.0. The highest BCUT2D eigenvalue weighted by Gasteiger charge is 2.39. The Kier molecular flexibility index (Phi) is 10.3. The van der Waals surface area contributed by atoms with Crippen molar-refractivity contribution < 1.29 is 33.5 Å². The van der Waals surface area contributed by atoms with Gasteiger partial charge >= 0.3 is 6.09 Å². The lowest BCUT2D eigenvalue weighted by atomic mass is 9.91. The van der Waals surface area contributed by atoms with Gasteiger partial charge in [-0.1, -0.05) is 6.07 Å². The molecule has 3 aromatic carbocycles. The maximum Gasteiger partial charge on any atom is 0.414 e. The summed E-state index contributed by atoms with van der Waals surface area (Å²) in [6.45, 7) is 4.91. The zero-order chi connectivity index (χ0) is 33.8. The van der Waals surface area contributed by atoms with Gasteiger partial charge < -0.3 is 39.0 Å². The van der Waals surface area contributed by atoms with Crippen LogP contribution in [0.1, 0.15) is 25.8 Å². The minimum absolute atomic E-state index is 0.0760. The van der Waals surface area contributed by atoms with Crippen molar-refractivity contribution in [3.8, 4) is 34.1 Å². The van der Waals surface area contributed by atoms with Crippen molar-refractivity contribution in [3.63, 3.8) is 0 Å². The molecule has 2 amide bonds. The first kappa shape index (κ1) is 33.8. The number of likely N-dealkylation sites (N-methyl/N-ethyl adjacent to an activating group) is 1. The summed E-state index contributed by atoms with van der Waals surface area (Å²) in [6, 6.07) is 12.9. The number of ether oxygens (including phenoxy) is 4. The molecule has 1 N–H and O–H groups in total. The minimum atomic E-state index is -0.854. The Morgan fingerprint density at radius 1 is 0.957 bits per heavy atom. The Bertz CT molecular complexity index is 1620. The van der Waals surface area contributed by atoms with Gasteiger partial charge in [-0.05, 0) is 70.7 Å². The molecule has 0 spiro atoms. The second kappa shape index (κ2) is 13.9. The largest absolute Gasteiger partial charge is 0.496 e. The molecule has 1 heterocycles. The predicted octanol–water partition coefficient (Wildman–Crippen LogP) is 5.41. The molecule has 0 unspecified atom stereocenters. The molecular weight excluding hydrogens is 594 g/mol. The summed E-state index contributed by atoms with van der Waals surface area (Å²) in [5.41, 5.74) is 2.24. The number of amides is 2. The number of hydrogen-bond acceptors (Lipinski definition) is 10. The molecule has 0 radical (unpaired) electrons. The Hall–Kier alpha value is -5.04. The fourth-order valence-corrected chi connectivity index (χ4v) is 5.32. The highest BCUT2D eigenvalue weighted by molar-refractivity contribution is 6.08. The standard InChI is InChI=1S/C33H41N5O8/c1-33(2)31(39)37(6)30-25(20-45-29-18-21(38(41)42)10-15-27(29)43-7)23(13-14-26(30)34-33)24-12-11-22(19-28(24)44-8)46-32(40)36(5)17-9-16-35(3)4/h10-15,18-19,34H,9,16-17,20H2,1-8H3. The first-order chi connectivity index (χ1) is 21.8. The first-order valence-corrected chi connectivity index (χ1v) is 14.7. The van der Waals surface area contributed by atoms with Gasteiger partial charge in [-0.2, -0.15) is 0 Å². The van der Waals surface area contributed by atoms with Crippen LogP contribution in [0.2, 0.25) is 0 Å². The number of non-ortho nitro benzene ring substituents is 1. The van der Waals surface area contributed by atoms with Crippen molar-refractivity contribution in [1.82, 2.24) is 9.80 Å². The fourth-order valence-electron chi connectivity index (χ4n) is 5.32. The molecule has 0 aliphatic carbocycles. The van der Waals surface area contributed by atoms with Gasteiger partial charge in [0.25, 0.3) is 11.6 Å². The molecule has 13 heteroatoms. The lowest BCUT2D eigenvalue weighted by Gasteiger charge is -2.39. The molecule has 46 heavy (non-hydrogen) atoms. The Balaban J connectivity index is 1.74. The normalized spacial score (nSPS) is 13.5. The zero-order valence-corrected chi connectivity index (χ0v) is 27.5. The van der Waals surface area contributed by atoms with Crippen molar-refractivity contribution in [1.29, 1.82) is 0 Å². The van der Waals surface area contributed by atoms with Crippen LogP contribution in [-0.4, -0.2) is 87.8 Å². The number of nitrogens with zero attached hydrogens (tertiary/aromatic N) is 4. The minimum Gasteiger partial charge on any atom is -0.496 e. The number of carbonyl (C=O) groups excluding carboxylic acids is 2. The van der Waals surface area contributed by atoms with Gasteiger partial charge in [0.15, 0.2) is 11.5 Å². The van der Waals surface area contributed by atoms with Gasteiger partial charge in [0.05, 0.1) is 36.6 Å². The first-order valence-electron chi connectivity index (χ1n) is 14.7. The number of carbonyl (C=O) groups is 2. The van der Waals surface area contributed by atoms with Gasteiger partial charge in [-0.25, -0.2) is 4.79 Å². The molecule has 0 bridgehead atoms. The second-order valence-electron chi connectivity index (χ2n) is 11.8. The number of methoxy groups -OCH3 is 2. The monoisotopic (exact) mass is 635 g/mol. The Morgan fingerprint density at radius 2 is 1.65 bits per heavy atom. The van der Waals surface area contributed by atoms with Crippen LogP contribution in [0.4, 0.5) is 21.9 Å². The topological polar surface area (TPSA) is 136 Å². The van der Waals surface area contributed by atoms with E-state index in [1.807, 2.05) is 31.1 Å². The molecule has 1 aliphatic heterocycles. The number of nitro groups is 1. The van der Waals surface area contributed by atoms with Gasteiger partial charge in [-0.3, -0.25) is 14.9 Å². The Morgan fingerprint density at radius 3 is 2.30 bits per heavy atom. The van der Waals surface area contributed by atoms with E-state index >= 15 is 0 Å². The van der Waals surface area contributed by atoms with Crippen molar-refractivity contribution in [2.45, 2.75) is 32.4 Å². The van der Waals surface area contributed by atoms with Crippen molar-refractivity contribution in [3.05, 3.63) is 64.2 Å². The quantitative estimate of drug-likeness (QED) is 0.203. The molecule has 0 atom stereocenters. The molecule has 0 fully saturated rings. The van der Waals surface area contributed by atoms with E-state index in [0.717, 1.165) is 13.0 Å². The molecule has 0 saturated carbocycles. The molecule has 13 nitrogen and oxygen atoms in total. The summed E-state index contributed by atoms with van der Waals surface area (Å²) in [7, 11) is 10.3. The summed E-state index contributed by atoms with van der Waals surface area (Å²) in [5.74, 6) is 1.05. The average Bonchev–Trinajstić information content (AvgIpc) is 3.01. The van der Waals surface area contributed by atoms with E-state index in [2.05, 4.69) is 5.32 Å². The van der Waals surface area contributed by atoms with Crippen LogP contribution in [0.3, 0.4) is 0 Å². The van der Waals surface area contributed by atoms with Gasteiger partial charge in [0.1, 0.15) is 23.6 Å². The van der Waals surface area contributed by atoms with Crippen LogP contribution in [0, 0.1) is 10.1 Å². The van der Waals surface area contributed by atoms with Crippen LogP contribution in [-0.2, 0) is 11.4 Å². The van der Waals surface area contributed by atoms with E-state index in [4.69, 9.17) is 18.9 Å². The maximum atomic E-state index is 13.4. The van der Waals surface area contributed by atoms with Gasteiger partial charge in [-0.15, -0.1) is 0 Å². The van der Waals surface area contributed by atoms with E-state index in [1.54, 1.807) is 51.0 Å². The number of fused-ring (bicyclic) bond motifs is 1. The molecule has 246 valence electrons. The summed E-state index contributed by atoms with van der Waals surface area (Å²) >= 11 is 0. The zero-order valence-electron chi connectivity index (χ0n) is 27.5. The molecule has 4 rings (SSSR count). The highest BCUT2D eigenvalue weighted by Crippen LogP contribution is 2.45. The van der Waals surface area contributed by atoms with Crippen LogP contribution in [0.25, 0.3) is 11.1 Å². The summed E-state index contributed by atoms with van der Waals surface area (Å²) in [4.78, 5) is 42.2. The van der Waals surface area contributed by atoms with E-state index in [-0.39, 0.29) is 24.0 Å². The number of nitrogens with one attached hydrogen (secondary N) is 1. The fraction of sp³-hybridized carbons (Fsp3) is 0.394. The third-order valence-electron chi connectivity index (χ3n) is 7.71. The SMILES string of the molecule is COc1ccc([N+](=O)[O-])cc1OCc1c(-c2ccc(OC(=O)N(C)CCCN(C)C)cc2OC)ccc2c1N(C)C(=O)C(C)(C)N2. The maximum absolute atomic E-state index is 13.4. The molecular formula is C33H41N5O8. The van der Waals surface area contributed by atoms with Crippen molar-refractivity contribution in [2.24, 2.45) is 0 Å². The second-order valence-corrected chi connectivity index (χ2v) is 11.8. The summed E-state index contributed by atoms with van der Waals surface area (Å²) in [6.07, 6.45) is 0.311. The number of rotatable bonds is 12. The smallest absolute Gasteiger partial charge is 0.414 e. The van der Waals surface area contributed by atoms with Crippen molar-refractivity contribution in [2.75, 3.05) is 65.7 Å². The van der Waals surface area contributed by atoms with E-state index in [9.17, 15) is 19.7 Å².